The van der Waals surface area contributed by atoms with E-state index >= 15 is 0 Å². The normalized spacial score (nSPS) is 11.5. The van der Waals surface area contributed by atoms with Crippen molar-refractivity contribution in [1.29, 1.82) is 0 Å². The van der Waals surface area contributed by atoms with E-state index in [1.807, 2.05) is 109 Å². The topological polar surface area (TPSA) is 95.4 Å². The fourth-order valence-electron chi connectivity index (χ4n) is 9.31. The lowest BCUT2D eigenvalue weighted by atomic mass is 10.0. The Kier molecular flexibility index (Phi) is 9.31. The molecule has 0 aliphatic carbocycles. The van der Waals surface area contributed by atoms with E-state index in [0.29, 0.717) is 34.9 Å². The predicted octanol–water partition coefficient (Wildman–Crippen LogP) is 14.7. The van der Waals surface area contributed by atoms with Crippen LogP contribution in [-0.4, -0.2) is 34.5 Å². The van der Waals surface area contributed by atoms with E-state index in [4.69, 9.17) is 34.3 Å². The Bertz CT molecular complexity index is 3940. The van der Waals surface area contributed by atoms with Gasteiger partial charge in [-0.1, -0.05) is 182 Å². The molecule has 0 N–H and O–H groups in total. The molecule has 0 spiro atoms. The molecule has 0 amide bonds. The van der Waals surface area contributed by atoms with Crippen LogP contribution < -0.4 is 0 Å². The monoisotopic (exact) mass is 871 g/mol. The molecule has 318 valence electrons. The van der Waals surface area contributed by atoms with E-state index < -0.39 is 0 Å². The number of furan rings is 1. The fraction of sp³-hybridized carbons (Fsp3) is 0. The number of para-hydroxylation sites is 2. The molecule has 0 fully saturated rings. The zero-order valence-electron chi connectivity index (χ0n) is 36.4. The second kappa shape index (κ2) is 16.2. The first-order chi connectivity index (χ1) is 33.7. The maximum atomic E-state index is 6.45. The van der Waals surface area contributed by atoms with Crippen molar-refractivity contribution in [2.75, 3.05) is 0 Å². The van der Waals surface area contributed by atoms with Crippen LogP contribution in [0.4, 0.5) is 0 Å². The van der Waals surface area contributed by atoms with E-state index in [0.717, 1.165) is 93.9 Å². The highest BCUT2D eigenvalue weighted by atomic mass is 16.3. The summed E-state index contributed by atoms with van der Waals surface area (Å²) in [4.78, 5) is 31.2. The first-order valence-corrected chi connectivity index (χ1v) is 22.5. The highest BCUT2D eigenvalue weighted by Crippen LogP contribution is 2.43. The van der Waals surface area contributed by atoms with Gasteiger partial charge in [-0.05, 0) is 53.6 Å². The molecule has 8 heteroatoms. The Hall–Kier alpha value is -9.40. The van der Waals surface area contributed by atoms with Crippen molar-refractivity contribution in [1.82, 2.24) is 34.5 Å². The molecule has 4 heterocycles. The van der Waals surface area contributed by atoms with Gasteiger partial charge in [0.1, 0.15) is 11.2 Å². The number of hydrogen-bond acceptors (Lipinski definition) is 7. The number of fused-ring (bicyclic) bond motifs is 7. The highest BCUT2D eigenvalue weighted by molar-refractivity contribution is 6.27. The molecular weight excluding hydrogens is 835 g/mol. The van der Waals surface area contributed by atoms with E-state index in [2.05, 4.69) is 120 Å². The van der Waals surface area contributed by atoms with Gasteiger partial charge in [0, 0.05) is 54.9 Å². The summed E-state index contributed by atoms with van der Waals surface area (Å²) in [6, 6.07) is 76.3. The summed E-state index contributed by atoms with van der Waals surface area (Å²) >= 11 is 0. The standard InChI is InChI=1S/C60H37N7O/c1-5-17-38(18-6-1)39-29-31-43(32-30-39)58-61-55(40-19-7-2-8-20-40)63-59(64-58)44-33-34-49(47(37-44)60-65-56(41-21-9-3-10-22-41)62-57(66-60)42-23-11-4-12-24-42)67-48-27-15-13-25-45(48)53-50(67)35-36-52-54(53)46-26-14-16-28-51(46)68-52/h1-37H. The summed E-state index contributed by atoms with van der Waals surface area (Å²) in [5.41, 5.74) is 11.9. The fourth-order valence-corrected chi connectivity index (χ4v) is 9.31. The molecular formula is C60H37N7O. The molecule has 0 aliphatic rings. The number of nitrogens with zero attached hydrogens (tertiary/aromatic N) is 7. The summed E-state index contributed by atoms with van der Waals surface area (Å²) in [7, 11) is 0. The van der Waals surface area contributed by atoms with E-state index in [-0.39, 0.29) is 0 Å². The van der Waals surface area contributed by atoms with Gasteiger partial charge in [0.05, 0.1) is 16.7 Å². The smallest absolute Gasteiger partial charge is 0.166 e. The average molecular weight is 872 g/mol. The summed E-state index contributed by atoms with van der Waals surface area (Å²) in [5.74, 6) is 3.28. The molecule has 8 nitrogen and oxygen atoms in total. The molecule has 4 aromatic heterocycles. The van der Waals surface area contributed by atoms with Gasteiger partial charge in [-0.25, -0.2) is 29.9 Å². The minimum absolute atomic E-state index is 0.504. The molecule has 0 atom stereocenters. The minimum Gasteiger partial charge on any atom is -0.456 e. The van der Waals surface area contributed by atoms with Gasteiger partial charge in [-0.2, -0.15) is 0 Å². The van der Waals surface area contributed by atoms with Crippen molar-refractivity contribution in [2.24, 2.45) is 0 Å². The average Bonchev–Trinajstić information content (AvgIpc) is 3.97. The zero-order valence-corrected chi connectivity index (χ0v) is 36.4. The molecule has 0 unspecified atom stereocenters. The number of hydrogen-bond donors (Lipinski definition) is 0. The lowest BCUT2D eigenvalue weighted by Crippen LogP contribution is -2.05. The SMILES string of the molecule is c1ccc(-c2ccc(-c3nc(-c4ccccc4)nc(-c4ccc(-n5c6ccccc6c6c7c(ccc65)oc5ccccc57)c(-c5nc(-c6ccccc6)nc(-c6ccccc6)n5)c4)n3)cc2)cc1. The van der Waals surface area contributed by atoms with E-state index in [9.17, 15) is 0 Å². The summed E-state index contributed by atoms with van der Waals surface area (Å²) in [6.07, 6.45) is 0. The molecule has 68 heavy (non-hydrogen) atoms. The van der Waals surface area contributed by atoms with Gasteiger partial charge in [-0.15, -0.1) is 0 Å². The van der Waals surface area contributed by atoms with Crippen molar-refractivity contribution < 1.29 is 4.42 Å². The Balaban J connectivity index is 1.08. The molecule has 0 bridgehead atoms. The van der Waals surface area contributed by atoms with Crippen LogP contribution in [0, 0.1) is 0 Å². The number of aromatic nitrogens is 7. The van der Waals surface area contributed by atoms with Gasteiger partial charge in [0.2, 0.25) is 0 Å². The molecule has 13 rings (SSSR count). The molecule has 0 radical (unpaired) electrons. The lowest BCUT2D eigenvalue weighted by molar-refractivity contribution is 0.669. The predicted molar refractivity (Wildman–Crippen MR) is 273 cm³/mol. The minimum atomic E-state index is 0.504. The first kappa shape index (κ1) is 39.0. The summed E-state index contributed by atoms with van der Waals surface area (Å²) in [5, 5.41) is 4.36. The molecule has 0 saturated heterocycles. The van der Waals surface area contributed by atoms with Crippen LogP contribution in [0.15, 0.2) is 229 Å². The number of benzene rings is 9. The van der Waals surface area contributed by atoms with Crippen LogP contribution >= 0.6 is 0 Å². The third-order valence-corrected chi connectivity index (χ3v) is 12.5. The van der Waals surface area contributed by atoms with Gasteiger partial charge in [0.15, 0.2) is 34.9 Å². The maximum absolute atomic E-state index is 6.45. The largest absolute Gasteiger partial charge is 0.456 e. The van der Waals surface area contributed by atoms with Crippen LogP contribution in [0.25, 0.3) is 129 Å². The van der Waals surface area contributed by atoms with Crippen molar-refractivity contribution in [3.05, 3.63) is 224 Å². The lowest BCUT2D eigenvalue weighted by Gasteiger charge is -2.16. The zero-order chi connectivity index (χ0) is 45.0. The Morgan fingerprint density at radius 1 is 0.279 bits per heavy atom. The van der Waals surface area contributed by atoms with Crippen molar-refractivity contribution >= 4 is 43.7 Å². The van der Waals surface area contributed by atoms with Crippen LogP contribution in [0.2, 0.25) is 0 Å². The second-order valence-electron chi connectivity index (χ2n) is 16.7. The molecule has 9 aromatic carbocycles. The second-order valence-corrected chi connectivity index (χ2v) is 16.7. The number of rotatable bonds is 8. The molecule has 13 aromatic rings. The van der Waals surface area contributed by atoms with Gasteiger partial charge < -0.3 is 8.98 Å². The van der Waals surface area contributed by atoms with Gasteiger partial charge in [0.25, 0.3) is 0 Å². The summed E-state index contributed by atoms with van der Waals surface area (Å²) in [6.45, 7) is 0. The third kappa shape index (κ3) is 6.78. The maximum Gasteiger partial charge on any atom is 0.166 e. The van der Waals surface area contributed by atoms with Crippen LogP contribution in [0.1, 0.15) is 0 Å². The Labute approximate surface area is 390 Å². The van der Waals surface area contributed by atoms with Crippen LogP contribution in [-0.2, 0) is 0 Å². The van der Waals surface area contributed by atoms with Crippen molar-refractivity contribution in [2.45, 2.75) is 0 Å². The third-order valence-electron chi connectivity index (χ3n) is 12.5. The van der Waals surface area contributed by atoms with Crippen LogP contribution in [0.5, 0.6) is 0 Å². The van der Waals surface area contributed by atoms with Gasteiger partial charge >= 0.3 is 0 Å². The van der Waals surface area contributed by atoms with E-state index in [1.165, 1.54) is 0 Å². The summed E-state index contributed by atoms with van der Waals surface area (Å²) < 4.78 is 8.77. The van der Waals surface area contributed by atoms with Gasteiger partial charge in [-0.3, -0.25) is 0 Å². The van der Waals surface area contributed by atoms with Crippen molar-refractivity contribution in [3.8, 4) is 85.1 Å². The van der Waals surface area contributed by atoms with Crippen molar-refractivity contribution in [3.63, 3.8) is 0 Å². The van der Waals surface area contributed by atoms with Crippen LogP contribution in [0.3, 0.4) is 0 Å². The Morgan fingerprint density at radius 3 is 1.29 bits per heavy atom. The highest BCUT2D eigenvalue weighted by Gasteiger charge is 2.24. The quantitative estimate of drug-likeness (QED) is 0.150. The Morgan fingerprint density at radius 2 is 0.706 bits per heavy atom. The first-order valence-electron chi connectivity index (χ1n) is 22.5. The van der Waals surface area contributed by atoms with E-state index in [1.54, 1.807) is 0 Å². The molecule has 0 aliphatic heterocycles. The molecule has 0 saturated carbocycles.